The Kier molecular flexibility index (Phi) is 2.54. The molecule has 5 heteroatoms. The maximum atomic E-state index is 14.2. The maximum absolute atomic E-state index is 14.2. The second-order valence-electron chi connectivity index (χ2n) is 4.82. The van der Waals surface area contributed by atoms with Crippen LogP contribution in [0.5, 0.6) is 11.5 Å². The van der Waals surface area contributed by atoms with Crippen molar-refractivity contribution in [2.45, 2.75) is 32.2 Å². The van der Waals surface area contributed by atoms with E-state index in [0.29, 0.717) is 17.1 Å². The Morgan fingerprint density at radius 3 is 2.24 bits per heavy atom. The van der Waals surface area contributed by atoms with Crippen LogP contribution in [0.3, 0.4) is 0 Å². The van der Waals surface area contributed by atoms with E-state index < -0.39 is 11.5 Å². The van der Waals surface area contributed by atoms with E-state index in [0.717, 1.165) is 0 Å². The first kappa shape index (κ1) is 12.1. The molecule has 0 spiro atoms. The average molecular weight is 243 g/mol. The standard InChI is InChI=1S/C12H15F2NO2/c1-7-4-9-10(17-6-16-9)5-8(7)12(13,14)11(2,3)15/h4-5H,6,15H2,1-3H3. The van der Waals surface area contributed by atoms with Crippen molar-refractivity contribution in [3.8, 4) is 11.5 Å². The van der Waals surface area contributed by atoms with Crippen molar-refractivity contribution in [1.29, 1.82) is 0 Å². The Labute approximate surface area is 98.5 Å². The minimum atomic E-state index is -3.13. The van der Waals surface area contributed by atoms with Crippen molar-refractivity contribution in [2.24, 2.45) is 5.73 Å². The molecule has 94 valence electrons. The Hall–Kier alpha value is -1.36. The van der Waals surface area contributed by atoms with Gasteiger partial charge < -0.3 is 15.2 Å². The van der Waals surface area contributed by atoms with Gasteiger partial charge in [-0.2, -0.15) is 8.78 Å². The Bertz CT molecular complexity index is 453. The van der Waals surface area contributed by atoms with Crippen LogP contribution in [0.1, 0.15) is 25.0 Å². The van der Waals surface area contributed by atoms with Gasteiger partial charge in [-0.05, 0) is 38.5 Å². The van der Waals surface area contributed by atoms with Gasteiger partial charge in [-0.1, -0.05) is 0 Å². The zero-order valence-corrected chi connectivity index (χ0v) is 10.0. The number of fused-ring (bicyclic) bond motifs is 1. The molecular formula is C12H15F2NO2. The fraction of sp³-hybridized carbons (Fsp3) is 0.500. The summed E-state index contributed by atoms with van der Waals surface area (Å²) < 4.78 is 38.6. The smallest absolute Gasteiger partial charge is 0.290 e. The van der Waals surface area contributed by atoms with Crippen molar-refractivity contribution in [2.75, 3.05) is 6.79 Å². The molecule has 0 amide bonds. The minimum Gasteiger partial charge on any atom is -0.454 e. The predicted octanol–water partition coefficient (Wildman–Crippen LogP) is 2.55. The van der Waals surface area contributed by atoms with E-state index in [-0.39, 0.29) is 12.4 Å². The highest BCUT2D eigenvalue weighted by atomic mass is 19.3. The van der Waals surface area contributed by atoms with Crippen LogP contribution < -0.4 is 15.2 Å². The van der Waals surface area contributed by atoms with Crippen LogP contribution in [0.4, 0.5) is 8.78 Å². The van der Waals surface area contributed by atoms with Gasteiger partial charge in [0, 0.05) is 5.56 Å². The SMILES string of the molecule is Cc1cc2c(cc1C(F)(F)C(C)(C)N)OCO2. The summed E-state index contributed by atoms with van der Waals surface area (Å²) in [5, 5.41) is 0. The normalized spacial score (nSPS) is 15.2. The van der Waals surface area contributed by atoms with Crippen molar-refractivity contribution in [1.82, 2.24) is 0 Å². The highest BCUT2D eigenvalue weighted by Crippen LogP contribution is 2.44. The molecular weight excluding hydrogens is 228 g/mol. The molecule has 1 heterocycles. The molecule has 17 heavy (non-hydrogen) atoms. The molecule has 1 aromatic rings. The van der Waals surface area contributed by atoms with Gasteiger partial charge in [0.05, 0.1) is 5.54 Å². The third-order valence-corrected chi connectivity index (χ3v) is 2.87. The topological polar surface area (TPSA) is 44.5 Å². The van der Waals surface area contributed by atoms with Gasteiger partial charge in [-0.15, -0.1) is 0 Å². The summed E-state index contributed by atoms with van der Waals surface area (Å²) >= 11 is 0. The monoisotopic (exact) mass is 243 g/mol. The van der Waals surface area contributed by atoms with Crippen molar-refractivity contribution < 1.29 is 18.3 Å². The van der Waals surface area contributed by atoms with E-state index in [2.05, 4.69) is 0 Å². The zero-order chi connectivity index (χ0) is 12.8. The molecule has 0 aromatic heterocycles. The van der Waals surface area contributed by atoms with Crippen LogP contribution in [0.15, 0.2) is 12.1 Å². The third kappa shape index (κ3) is 1.84. The Balaban J connectivity index is 2.53. The number of alkyl halides is 2. The fourth-order valence-corrected chi connectivity index (χ4v) is 1.73. The van der Waals surface area contributed by atoms with Crippen LogP contribution in [-0.2, 0) is 5.92 Å². The first-order chi connectivity index (χ1) is 7.73. The molecule has 0 saturated heterocycles. The lowest BCUT2D eigenvalue weighted by Crippen LogP contribution is -2.48. The predicted molar refractivity (Wildman–Crippen MR) is 59.5 cm³/mol. The molecule has 2 rings (SSSR count). The van der Waals surface area contributed by atoms with Gasteiger partial charge in [0.2, 0.25) is 6.79 Å². The second-order valence-corrected chi connectivity index (χ2v) is 4.82. The first-order valence-electron chi connectivity index (χ1n) is 5.31. The van der Waals surface area contributed by atoms with Gasteiger partial charge in [0.15, 0.2) is 11.5 Å². The first-order valence-corrected chi connectivity index (χ1v) is 5.31. The molecule has 1 aromatic carbocycles. The molecule has 0 radical (unpaired) electrons. The number of aryl methyl sites for hydroxylation is 1. The third-order valence-electron chi connectivity index (χ3n) is 2.87. The van der Waals surface area contributed by atoms with Crippen molar-refractivity contribution in [3.05, 3.63) is 23.3 Å². The number of ether oxygens (including phenoxy) is 2. The zero-order valence-electron chi connectivity index (χ0n) is 10.0. The van der Waals surface area contributed by atoms with E-state index in [4.69, 9.17) is 15.2 Å². The van der Waals surface area contributed by atoms with E-state index in [1.165, 1.54) is 19.9 Å². The minimum absolute atomic E-state index is 0.0653. The molecule has 0 bridgehead atoms. The van der Waals surface area contributed by atoms with E-state index in [1.807, 2.05) is 0 Å². The summed E-state index contributed by atoms with van der Waals surface area (Å²) in [6.07, 6.45) is 0. The number of rotatable bonds is 2. The maximum Gasteiger partial charge on any atom is 0.290 e. The number of nitrogens with two attached hydrogens (primary N) is 1. The lowest BCUT2D eigenvalue weighted by atomic mass is 9.88. The highest BCUT2D eigenvalue weighted by molar-refractivity contribution is 5.50. The summed E-state index contributed by atoms with van der Waals surface area (Å²) in [5.74, 6) is -2.29. The molecule has 0 aliphatic carbocycles. The van der Waals surface area contributed by atoms with Gasteiger partial charge in [-0.3, -0.25) is 0 Å². The fourth-order valence-electron chi connectivity index (χ4n) is 1.73. The van der Waals surface area contributed by atoms with E-state index >= 15 is 0 Å². The van der Waals surface area contributed by atoms with Gasteiger partial charge in [0.25, 0.3) is 5.92 Å². The molecule has 0 atom stereocenters. The van der Waals surface area contributed by atoms with Gasteiger partial charge in [-0.25, -0.2) is 0 Å². The largest absolute Gasteiger partial charge is 0.454 e. The summed E-state index contributed by atoms with van der Waals surface area (Å²) in [6.45, 7) is 4.28. The van der Waals surface area contributed by atoms with Crippen LogP contribution in [0, 0.1) is 6.92 Å². The summed E-state index contributed by atoms with van der Waals surface area (Å²) in [6, 6.07) is 2.86. The lowest BCUT2D eigenvalue weighted by molar-refractivity contribution is -0.0678. The average Bonchev–Trinajstić information content (AvgIpc) is 2.61. The van der Waals surface area contributed by atoms with Crippen molar-refractivity contribution in [3.63, 3.8) is 0 Å². The molecule has 1 aliphatic heterocycles. The highest BCUT2D eigenvalue weighted by Gasteiger charge is 2.47. The molecule has 2 N–H and O–H groups in total. The molecule has 3 nitrogen and oxygen atoms in total. The summed E-state index contributed by atoms with van der Waals surface area (Å²) in [4.78, 5) is 0. The molecule has 0 saturated carbocycles. The van der Waals surface area contributed by atoms with E-state index in [1.54, 1.807) is 13.0 Å². The van der Waals surface area contributed by atoms with Gasteiger partial charge in [0.1, 0.15) is 0 Å². The quantitative estimate of drug-likeness (QED) is 0.868. The van der Waals surface area contributed by atoms with Crippen LogP contribution in [-0.4, -0.2) is 12.3 Å². The van der Waals surface area contributed by atoms with Crippen LogP contribution >= 0.6 is 0 Å². The molecule has 1 aliphatic rings. The number of hydrogen-bond acceptors (Lipinski definition) is 3. The molecule has 0 fully saturated rings. The van der Waals surface area contributed by atoms with E-state index in [9.17, 15) is 8.78 Å². The summed E-state index contributed by atoms with van der Waals surface area (Å²) in [7, 11) is 0. The number of benzene rings is 1. The van der Waals surface area contributed by atoms with Crippen LogP contribution in [0.25, 0.3) is 0 Å². The van der Waals surface area contributed by atoms with Crippen molar-refractivity contribution >= 4 is 0 Å². The van der Waals surface area contributed by atoms with Crippen LogP contribution in [0.2, 0.25) is 0 Å². The lowest BCUT2D eigenvalue weighted by Gasteiger charge is -2.31. The molecule has 0 unspecified atom stereocenters. The van der Waals surface area contributed by atoms with Gasteiger partial charge >= 0.3 is 0 Å². The second kappa shape index (κ2) is 3.57. The number of halogens is 2. The summed E-state index contributed by atoms with van der Waals surface area (Å²) in [5.41, 5.74) is 4.23. The number of hydrogen-bond donors (Lipinski definition) is 1. The Morgan fingerprint density at radius 1 is 1.18 bits per heavy atom. The Morgan fingerprint density at radius 2 is 1.71 bits per heavy atom.